The molecular weight excluding hydrogens is 330 g/mol. The van der Waals surface area contributed by atoms with Gasteiger partial charge in [0.05, 0.1) is 22.1 Å². The molecule has 2 aromatic heterocycles. The molecule has 122 valence electrons. The van der Waals surface area contributed by atoms with E-state index in [9.17, 15) is 9.59 Å². The highest BCUT2D eigenvalue weighted by Crippen LogP contribution is 2.30. The number of amides is 2. The van der Waals surface area contributed by atoms with E-state index in [1.807, 2.05) is 27.8 Å². The number of likely N-dealkylation sites (tertiary alicyclic amines) is 1. The number of hydrogen-bond donors (Lipinski definition) is 1. The first-order valence-electron chi connectivity index (χ1n) is 7.65. The molecule has 1 aliphatic heterocycles. The van der Waals surface area contributed by atoms with Gasteiger partial charge in [-0.05, 0) is 24.3 Å². The van der Waals surface area contributed by atoms with E-state index in [0.29, 0.717) is 12.5 Å². The zero-order chi connectivity index (χ0) is 16.2. The Hall–Kier alpha value is -1.73. The topological polar surface area (TPSA) is 62.3 Å². The summed E-state index contributed by atoms with van der Waals surface area (Å²) in [7, 11) is 0. The smallest absolute Gasteiger partial charge is 0.263 e. The summed E-state index contributed by atoms with van der Waals surface area (Å²) in [5, 5.41) is 7.76. The molecule has 0 saturated carbocycles. The van der Waals surface area contributed by atoms with Crippen molar-refractivity contribution in [1.29, 1.82) is 0 Å². The van der Waals surface area contributed by atoms with Gasteiger partial charge < -0.3 is 10.2 Å². The molecule has 1 saturated heterocycles. The fraction of sp³-hybridized carbons (Fsp3) is 0.438. The molecule has 1 atom stereocenters. The van der Waals surface area contributed by atoms with E-state index in [2.05, 4.69) is 10.3 Å². The number of carbonyl (C=O) groups excluding carboxylic acids is 2. The van der Waals surface area contributed by atoms with Gasteiger partial charge in [0.1, 0.15) is 0 Å². The van der Waals surface area contributed by atoms with Crippen LogP contribution in [0.2, 0.25) is 0 Å². The van der Waals surface area contributed by atoms with Gasteiger partial charge in [-0.25, -0.2) is 4.98 Å². The van der Waals surface area contributed by atoms with Gasteiger partial charge in [0.25, 0.3) is 5.91 Å². The SMILES string of the molecule is CC(=O)NCc1csc([C@H]2CCCN(C(=O)c3cccs3)C2)n1. The molecule has 5 nitrogen and oxygen atoms in total. The first-order valence-corrected chi connectivity index (χ1v) is 9.41. The van der Waals surface area contributed by atoms with Crippen LogP contribution < -0.4 is 5.32 Å². The van der Waals surface area contributed by atoms with E-state index < -0.39 is 0 Å². The highest BCUT2D eigenvalue weighted by molar-refractivity contribution is 7.12. The van der Waals surface area contributed by atoms with Crippen LogP contribution in [0.15, 0.2) is 22.9 Å². The lowest BCUT2D eigenvalue weighted by Crippen LogP contribution is -2.38. The zero-order valence-corrected chi connectivity index (χ0v) is 14.6. The number of aromatic nitrogens is 1. The van der Waals surface area contributed by atoms with Gasteiger partial charge in [-0.15, -0.1) is 22.7 Å². The molecule has 7 heteroatoms. The predicted octanol–water partition coefficient (Wildman–Crippen LogP) is 2.86. The third kappa shape index (κ3) is 3.97. The van der Waals surface area contributed by atoms with Gasteiger partial charge in [-0.1, -0.05) is 6.07 Å². The summed E-state index contributed by atoms with van der Waals surface area (Å²) in [5.41, 5.74) is 0.891. The number of carbonyl (C=O) groups is 2. The highest BCUT2D eigenvalue weighted by atomic mass is 32.1. The minimum atomic E-state index is -0.0510. The number of thiophene rings is 1. The molecule has 2 aromatic rings. The summed E-state index contributed by atoms with van der Waals surface area (Å²) in [6.07, 6.45) is 2.06. The van der Waals surface area contributed by atoms with E-state index in [0.717, 1.165) is 41.5 Å². The monoisotopic (exact) mass is 349 g/mol. The standard InChI is InChI=1S/C16H19N3O2S2/c1-11(20)17-8-13-10-23-15(18-13)12-4-2-6-19(9-12)16(21)14-5-3-7-22-14/h3,5,7,10,12H,2,4,6,8-9H2,1H3,(H,17,20)/t12-/m0/s1. The third-order valence-corrected chi connectivity index (χ3v) is 5.79. The van der Waals surface area contributed by atoms with E-state index in [1.165, 1.54) is 18.3 Å². The van der Waals surface area contributed by atoms with Crippen molar-refractivity contribution in [3.8, 4) is 0 Å². The number of rotatable bonds is 4. The van der Waals surface area contributed by atoms with Crippen molar-refractivity contribution in [2.45, 2.75) is 32.2 Å². The van der Waals surface area contributed by atoms with Crippen molar-refractivity contribution in [2.75, 3.05) is 13.1 Å². The Bertz CT molecular complexity index is 681. The Balaban J connectivity index is 1.64. The van der Waals surface area contributed by atoms with Crippen LogP contribution in [0.25, 0.3) is 0 Å². The van der Waals surface area contributed by atoms with Crippen molar-refractivity contribution in [3.63, 3.8) is 0 Å². The molecule has 2 amide bonds. The van der Waals surface area contributed by atoms with Gasteiger partial charge in [0.2, 0.25) is 5.91 Å². The molecule has 23 heavy (non-hydrogen) atoms. The predicted molar refractivity (Wildman–Crippen MR) is 91.8 cm³/mol. The average molecular weight is 349 g/mol. The number of hydrogen-bond acceptors (Lipinski definition) is 5. The number of nitrogens with one attached hydrogen (secondary N) is 1. The van der Waals surface area contributed by atoms with Crippen LogP contribution >= 0.6 is 22.7 Å². The number of piperidine rings is 1. The number of nitrogens with zero attached hydrogens (tertiary/aromatic N) is 2. The second-order valence-corrected chi connectivity index (χ2v) is 7.49. The van der Waals surface area contributed by atoms with Crippen LogP contribution in [0.5, 0.6) is 0 Å². The fourth-order valence-electron chi connectivity index (χ4n) is 2.73. The summed E-state index contributed by atoms with van der Waals surface area (Å²) in [6.45, 7) is 3.51. The van der Waals surface area contributed by atoms with Gasteiger partial charge in [0, 0.05) is 31.3 Å². The van der Waals surface area contributed by atoms with Crippen molar-refractivity contribution >= 4 is 34.5 Å². The van der Waals surface area contributed by atoms with Crippen molar-refractivity contribution in [1.82, 2.24) is 15.2 Å². The van der Waals surface area contributed by atoms with Crippen LogP contribution in [-0.2, 0) is 11.3 Å². The van der Waals surface area contributed by atoms with Gasteiger partial charge in [0.15, 0.2) is 0 Å². The van der Waals surface area contributed by atoms with E-state index in [-0.39, 0.29) is 11.8 Å². The Morgan fingerprint density at radius 2 is 2.30 bits per heavy atom. The minimum Gasteiger partial charge on any atom is -0.351 e. The molecule has 1 fully saturated rings. The van der Waals surface area contributed by atoms with Crippen LogP contribution in [0.4, 0.5) is 0 Å². The Kier molecular flexibility index (Phi) is 5.07. The third-order valence-electron chi connectivity index (χ3n) is 3.88. The molecule has 0 bridgehead atoms. The average Bonchev–Trinajstić information content (AvgIpc) is 3.24. The van der Waals surface area contributed by atoms with Crippen LogP contribution in [-0.4, -0.2) is 34.8 Å². The largest absolute Gasteiger partial charge is 0.351 e. The molecule has 1 aliphatic rings. The maximum atomic E-state index is 12.5. The van der Waals surface area contributed by atoms with Crippen LogP contribution in [0.1, 0.15) is 46.1 Å². The number of thiazole rings is 1. The lowest BCUT2D eigenvalue weighted by molar-refractivity contribution is -0.119. The molecule has 0 aliphatic carbocycles. The molecule has 1 N–H and O–H groups in total. The van der Waals surface area contributed by atoms with Crippen LogP contribution in [0, 0.1) is 0 Å². The highest BCUT2D eigenvalue weighted by Gasteiger charge is 2.27. The maximum absolute atomic E-state index is 12.5. The quantitative estimate of drug-likeness (QED) is 0.923. The Morgan fingerprint density at radius 1 is 1.43 bits per heavy atom. The second-order valence-electron chi connectivity index (χ2n) is 5.65. The Morgan fingerprint density at radius 3 is 3.04 bits per heavy atom. The van der Waals surface area contributed by atoms with Crippen molar-refractivity contribution in [3.05, 3.63) is 38.5 Å². The fourth-order valence-corrected chi connectivity index (χ4v) is 4.36. The van der Waals surface area contributed by atoms with E-state index in [4.69, 9.17) is 0 Å². The van der Waals surface area contributed by atoms with Crippen LogP contribution in [0.3, 0.4) is 0 Å². The first-order chi connectivity index (χ1) is 11.1. The molecule has 3 rings (SSSR count). The van der Waals surface area contributed by atoms with Gasteiger partial charge in [-0.2, -0.15) is 0 Å². The summed E-state index contributed by atoms with van der Waals surface area (Å²) >= 11 is 3.11. The summed E-state index contributed by atoms with van der Waals surface area (Å²) < 4.78 is 0. The summed E-state index contributed by atoms with van der Waals surface area (Å²) in [6, 6.07) is 3.79. The van der Waals surface area contributed by atoms with E-state index >= 15 is 0 Å². The first kappa shape index (κ1) is 16.1. The maximum Gasteiger partial charge on any atom is 0.263 e. The van der Waals surface area contributed by atoms with Crippen molar-refractivity contribution in [2.24, 2.45) is 0 Å². The van der Waals surface area contributed by atoms with Crippen molar-refractivity contribution < 1.29 is 9.59 Å². The van der Waals surface area contributed by atoms with Gasteiger partial charge >= 0.3 is 0 Å². The second kappa shape index (κ2) is 7.23. The summed E-state index contributed by atoms with van der Waals surface area (Å²) in [4.78, 5) is 30.8. The minimum absolute atomic E-state index is 0.0510. The molecule has 0 unspecified atom stereocenters. The van der Waals surface area contributed by atoms with E-state index in [1.54, 1.807) is 11.3 Å². The lowest BCUT2D eigenvalue weighted by Gasteiger charge is -2.31. The molecule has 0 spiro atoms. The summed E-state index contributed by atoms with van der Waals surface area (Å²) in [5.74, 6) is 0.369. The zero-order valence-electron chi connectivity index (χ0n) is 12.9. The normalized spacial score (nSPS) is 18.0. The Labute approximate surface area is 143 Å². The van der Waals surface area contributed by atoms with Gasteiger partial charge in [-0.3, -0.25) is 9.59 Å². The molecule has 0 aromatic carbocycles. The molecule has 0 radical (unpaired) electrons. The molecule has 3 heterocycles. The lowest BCUT2D eigenvalue weighted by atomic mass is 9.98. The molecular formula is C16H19N3O2S2.